The minimum Gasteiger partial charge on any atom is -0.462 e. The highest BCUT2D eigenvalue weighted by molar-refractivity contribution is 7.92. The number of halogens is 1. The van der Waals surface area contributed by atoms with Crippen LogP contribution in [0.25, 0.3) is 0 Å². The van der Waals surface area contributed by atoms with Crippen molar-refractivity contribution in [3.05, 3.63) is 75.1 Å². The maximum absolute atomic E-state index is 13.6. The second-order valence-electron chi connectivity index (χ2n) is 8.04. The molecule has 0 bridgehead atoms. The van der Waals surface area contributed by atoms with Gasteiger partial charge in [0, 0.05) is 9.90 Å². The normalized spacial score (nSPS) is 12.8. The summed E-state index contributed by atoms with van der Waals surface area (Å²) < 4.78 is 33.4. The molecule has 7 nitrogen and oxygen atoms in total. The van der Waals surface area contributed by atoms with E-state index in [9.17, 15) is 18.0 Å². The Morgan fingerprint density at radius 1 is 1.11 bits per heavy atom. The molecule has 2 aromatic carbocycles. The van der Waals surface area contributed by atoms with Crippen LogP contribution < -0.4 is 9.62 Å². The van der Waals surface area contributed by atoms with Crippen molar-refractivity contribution >= 4 is 55.5 Å². The van der Waals surface area contributed by atoms with Crippen LogP contribution in [0.15, 0.2) is 53.4 Å². The van der Waals surface area contributed by atoms with E-state index in [1.54, 1.807) is 50.2 Å². The number of hydrogen-bond donors (Lipinski definition) is 1. The summed E-state index contributed by atoms with van der Waals surface area (Å²) in [4.78, 5) is 27.0. The molecule has 1 N–H and O–H groups in total. The summed E-state index contributed by atoms with van der Waals surface area (Å²) in [6.45, 7) is 3.14. The fraction of sp³-hybridized carbons (Fsp3) is 0.280. The van der Waals surface area contributed by atoms with E-state index in [-0.39, 0.29) is 11.5 Å². The summed E-state index contributed by atoms with van der Waals surface area (Å²) in [6, 6.07) is 12.8. The number of ether oxygens (including phenoxy) is 1. The third-order valence-corrected chi connectivity index (χ3v) is 9.17. The number of carbonyl (C=O) groups is 2. The van der Waals surface area contributed by atoms with Gasteiger partial charge in [-0.3, -0.25) is 9.10 Å². The van der Waals surface area contributed by atoms with Gasteiger partial charge in [0.2, 0.25) is 5.91 Å². The first-order valence-electron chi connectivity index (χ1n) is 11.2. The number of esters is 1. The summed E-state index contributed by atoms with van der Waals surface area (Å²) in [6.07, 6.45) is 2.52. The highest BCUT2D eigenvalue weighted by atomic mass is 35.5. The Morgan fingerprint density at radius 2 is 1.86 bits per heavy atom. The molecule has 35 heavy (non-hydrogen) atoms. The minimum atomic E-state index is -4.09. The van der Waals surface area contributed by atoms with E-state index in [0.717, 1.165) is 34.0 Å². The summed E-state index contributed by atoms with van der Waals surface area (Å²) in [5.74, 6) is -1.06. The zero-order valence-corrected chi connectivity index (χ0v) is 21.7. The van der Waals surface area contributed by atoms with Crippen LogP contribution in [-0.2, 0) is 32.4 Å². The molecule has 1 aromatic heterocycles. The standard InChI is InChI=1S/C25H25ClN2O5S2/c1-3-33-25(30)23-18-11-7-14-21(18)34-24(23)27-22(29)15-28(20-13-8-12-19(26)16(20)2)35(31,32)17-9-5-4-6-10-17/h4-6,8-10,12-13H,3,7,11,14-15H2,1-2H3,(H,27,29). The van der Waals surface area contributed by atoms with Crippen molar-refractivity contribution in [3.8, 4) is 0 Å². The smallest absolute Gasteiger partial charge is 0.341 e. The Kier molecular flexibility index (Phi) is 7.49. The lowest BCUT2D eigenvalue weighted by atomic mass is 10.1. The fourth-order valence-corrected chi connectivity index (χ4v) is 7.06. The Bertz CT molecular complexity index is 1370. The molecule has 0 atom stereocenters. The molecular formula is C25H25ClN2O5S2. The Morgan fingerprint density at radius 3 is 2.57 bits per heavy atom. The summed E-state index contributed by atoms with van der Waals surface area (Å²) in [7, 11) is -4.09. The van der Waals surface area contributed by atoms with E-state index < -0.39 is 28.4 Å². The first kappa shape index (κ1) is 25.2. The summed E-state index contributed by atoms with van der Waals surface area (Å²) in [5, 5.41) is 3.55. The van der Waals surface area contributed by atoms with Gasteiger partial charge in [-0.1, -0.05) is 35.9 Å². The highest BCUT2D eigenvalue weighted by Crippen LogP contribution is 2.39. The first-order valence-corrected chi connectivity index (χ1v) is 13.8. The summed E-state index contributed by atoms with van der Waals surface area (Å²) >= 11 is 7.62. The van der Waals surface area contributed by atoms with Gasteiger partial charge < -0.3 is 10.1 Å². The van der Waals surface area contributed by atoms with Crippen molar-refractivity contribution in [1.82, 2.24) is 0 Å². The lowest BCUT2D eigenvalue weighted by Gasteiger charge is -2.26. The molecule has 1 heterocycles. The third-order valence-electron chi connectivity index (χ3n) is 5.78. The average Bonchev–Trinajstić information content (AvgIpc) is 3.41. The number of nitrogens with one attached hydrogen (secondary N) is 1. The van der Waals surface area contributed by atoms with Crippen molar-refractivity contribution < 1.29 is 22.7 Å². The van der Waals surface area contributed by atoms with Crippen LogP contribution in [0, 0.1) is 6.92 Å². The second kappa shape index (κ2) is 10.4. The molecule has 4 rings (SSSR count). The van der Waals surface area contributed by atoms with E-state index in [1.165, 1.54) is 23.5 Å². The number of fused-ring (bicyclic) bond motifs is 1. The van der Waals surface area contributed by atoms with Crippen LogP contribution in [0.3, 0.4) is 0 Å². The monoisotopic (exact) mass is 532 g/mol. The van der Waals surface area contributed by atoms with Crippen molar-refractivity contribution in [2.75, 3.05) is 22.8 Å². The second-order valence-corrected chi connectivity index (χ2v) is 11.4. The molecule has 0 unspecified atom stereocenters. The number of nitrogens with zero attached hydrogens (tertiary/aromatic N) is 1. The van der Waals surface area contributed by atoms with Gasteiger partial charge in [0.1, 0.15) is 11.5 Å². The van der Waals surface area contributed by atoms with E-state index in [0.29, 0.717) is 26.8 Å². The molecule has 10 heteroatoms. The van der Waals surface area contributed by atoms with Gasteiger partial charge in [-0.2, -0.15) is 0 Å². The van der Waals surface area contributed by atoms with Gasteiger partial charge in [0.05, 0.1) is 22.8 Å². The number of rotatable bonds is 8. The van der Waals surface area contributed by atoms with Crippen molar-refractivity contribution in [2.24, 2.45) is 0 Å². The predicted octanol–water partition coefficient (Wildman–Crippen LogP) is 5.21. The van der Waals surface area contributed by atoms with E-state index in [1.807, 2.05) is 0 Å². The molecular weight excluding hydrogens is 508 g/mol. The molecule has 0 spiro atoms. The Hall–Kier alpha value is -2.88. The molecule has 1 aliphatic carbocycles. The molecule has 0 aliphatic heterocycles. The van der Waals surface area contributed by atoms with Gasteiger partial charge in [-0.15, -0.1) is 11.3 Å². The topological polar surface area (TPSA) is 92.8 Å². The van der Waals surface area contributed by atoms with Crippen LogP contribution in [-0.4, -0.2) is 33.4 Å². The molecule has 3 aromatic rings. The minimum absolute atomic E-state index is 0.0505. The lowest BCUT2D eigenvalue weighted by molar-refractivity contribution is -0.114. The fourth-order valence-electron chi connectivity index (χ4n) is 4.09. The van der Waals surface area contributed by atoms with E-state index >= 15 is 0 Å². The maximum atomic E-state index is 13.6. The summed E-state index contributed by atoms with van der Waals surface area (Å²) in [5.41, 5.74) is 2.11. The molecule has 0 radical (unpaired) electrons. The van der Waals surface area contributed by atoms with Gasteiger partial charge in [-0.05, 0) is 68.5 Å². The Labute approximate surface area is 213 Å². The predicted molar refractivity (Wildman–Crippen MR) is 138 cm³/mol. The largest absolute Gasteiger partial charge is 0.462 e. The van der Waals surface area contributed by atoms with Crippen LogP contribution >= 0.6 is 22.9 Å². The number of aryl methyl sites for hydroxylation is 1. The van der Waals surface area contributed by atoms with Crippen molar-refractivity contribution in [2.45, 2.75) is 38.0 Å². The first-order chi connectivity index (χ1) is 16.7. The van der Waals surface area contributed by atoms with Gasteiger partial charge in [0.25, 0.3) is 10.0 Å². The molecule has 0 saturated heterocycles. The SMILES string of the molecule is CCOC(=O)c1c(NC(=O)CN(c2cccc(Cl)c2C)S(=O)(=O)c2ccccc2)sc2c1CCC2. The van der Waals surface area contributed by atoms with Gasteiger partial charge in [0.15, 0.2) is 0 Å². The van der Waals surface area contributed by atoms with Gasteiger partial charge in [-0.25, -0.2) is 13.2 Å². The van der Waals surface area contributed by atoms with Crippen LogP contribution in [0.4, 0.5) is 10.7 Å². The average molecular weight is 533 g/mol. The number of anilines is 2. The molecule has 0 saturated carbocycles. The quantitative estimate of drug-likeness (QED) is 0.402. The molecule has 0 fully saturated rings. The maximum Gasteiger partial charge on any atom is 0.341 e. The number of thiophene rings is 1. The number of amides is 1. The third kappa shape index (κ3) is 5.07. The zero-order chi connectivity index (χ0) is 25.2. The van der Waals surface area contributed by atoms with Crippen molar-refractivity contribution in [3.63, 3.8) is 0 Å². The zero-order valence-electron chi connectivity index (χ0n) is 19.3. The number of sulfonamides is 1. The number of carbonyl (C=O) groups excluding carboxylic acids is 2. The van der Waals surface area contributed by atoms with E-state index in [2.05, 4.69) is 5.32 Å². The number of benzene rings is 2. The van der Waals surface area contributed by atoms with Crippen molar-refractivity contribution in [1.29, 1.82) is 0 Å². The molecule has 1 aliphatic rings. The van der Waals surface area contributed by atoms with Crippen LogP contribution in [0.2, 0.25) is 5.02 Å². The molecule has 184 valence electrons. The highest BCUT2D eigenvalue weighted by Gasteiger charge is 2.31. The lowest BCUT2D eigenvalue weighted by Crippen LogP contribution is -2.38. The molecule has 1 amide bonds. The van der Waals surface area contributed by atoms with E-state index in [4.69, 9.17) is 16.3 Å². The Balaban J connectivity index is 1.69. The van der Waals surface area contributed by atoms with Gasteiger partial charge >= 0.3 is 5.97 Å². The van der Waals surface area contributed by atoms with Crippen LogP contribution in [0.1, 0.15) is 39.7 Å². The van der Waals surface area contributed by atoms with Crippen LogP contribution in [0.5, 0.6) is 0 Å². The number of hydrogen-bond acceptors (Lipinski definition) is 6.